The summed E-state index contributed by atoms with van der Waals surface area (Å²) in [7, 11) is 0. The lowest BCUT2D eigenvalue weighted by Gasteiger charge is -2.29. The van der Waals surface area contributed by atoms with Crippen LogP contribution in [-0.2, 0) is 9.53 Å². The number of rotatable bonds is 4. The summed E-state index contributed by atoms with van der Waals surface area (Å²) in [5.74, 6) is -0.0785. The number of nitrogens with zero attached hydrogens (tertiary/aromatic N) is 2. The van der Waals surface area contributed by atoms with E-state index >= 15 is 0 Å². The Hall–Kier alpha value is -1.96. The van der Waals surface area contributed by atoms with Crippen molar-refractivity contribution < 1.29 is 9.53 Å². The standard InChI is InChI=1S/C18H22N4O2S/c1-11-10-12(2)21-18(20-11)25-15-6-4-14(5-7-15)22-17(23)16-13(3)24-9-8-19-16/h4-7,10,13,16,19H,8-9H2,1-3H3,(H,22,23)/t13-,16+/m1/s1. The number of aromatic nitrogens is 2. The summed E-state index contributed by atoms with van der Waals surface area (Å²) in [6.07, 6.45) is -0.134. The maximum atomic E-state index is 12.4. The van der Waals surface area contributed by atoms with Crippen molar-refractivity contribution in [3.05, 3.63) is 41.7 Å². The van der Waals surface area contributed by atoms with Crippen LogP contribution in [0.25, 0.3) is 0 Å². The molecule has 0 unspecified atom stereocenters. The second kappa shape index (κ2) is 7.95. The molecule has 0 saturated carbocycles. The fourth-order valence-corrected chi connectivity index (χ4v) is 3.56. The molecule has 0 radical (unpaired) electrons. The predicted molar refractivity (Wildman–Crippen MR) is 97.9 cm³/mol. The highest BCUT2D eigenvalue weighted by molar-refractivity contribution is 7.99. The number of hydrogen-bond acceptors (Lipinski definition) is 6. The predicted octanol–water partition coefficient (Wildman–Crippen LogP) is 2.56. The Morgan fingerprint density at radius 2 is 1.92 bits per heavy atom. The normalized spacial score (nSPS) is 20.3. The van der Waals surface area contributed by atoms with Crippen molar-refractivity contribution in [2.24, 2.45) is 0 Å². The van der Waals surface area contributed by atoms with Gasteiger partial charge in [0.15, 0.2) is 5.16 Å². The average Bonchev–Trinajstić information content (AvgIpc) is 2.56. The van der Waals surface area contributed by atoms with Crippen LogP contribution in [-0.4, -0.2) is 41.2 Å². The third-order valence-corrected chi connectivity index (χ3v) is 4.76. The second-order valence-corrected chi connectivity index (χ2v) is 7.10. The van der Waals surface area contributed by atoms with Gasteiger partial charge in [-0.1, -0.05) is 0 Å². The van der Waals surface area contributed by atoms with Crippen molar-refractivity contribution in [3.8, 4) is 0 Å². The molecular formula is C18H22N4O2S. The largest absolute Gasteiger partial charge is 0.375 e. The molecule has 7 heteroatoms. The molecule has 2 heterocycles. The van der Waals surface area contributed by atoms with E-state index in [1.165, 1.54) is 11.8 Å². The van der Waals surface area contributed by atoms with Crippen molar-refractivity contribution in [2.45, 2.75) is 43.0 Å². The third-order valence-electron chi connectivity index (χ3n) is 3.89. The first-order valence-corrected chi connectivity index (χ1v) is 9.09. The lowest BCUT2D eigenvalue weighted by molar-refractivity contribution is -0.123. The molecule has 6 nitrogen and oxygen atoms in total. The number of aryl methyl sites for hydroxylation is 2. The number of ether oxygens (including phenoxy) is 1. The van der Waals surface area contributed by atoms with E-state index in [0.717, 1.165) is 27.1 Å². The Balaban J connectivity index is 1.62. The second-order valence-electron chi connectivity index (χ2n) is 6.06. The third kappa shape index (κ3) is 4.78. The van der Waals surface area contributed by atoms with Gasteiger partial charge in [-0.15, -0.1) is 0 Å². The maximum Gasteiger partial charge on any atom is 0.244 e. The number of hydrogen-bond donors (Lipinski definition) is 2. The van der Waals surface area contributed by atoms with Gasteiger partial charge >= 0.3 is 0 Å². The van der Waals surface area contributed by atoms with Gasteiger partial charge in [-0.2, -0.15) is 0 Å². The van der Waals surface area contributed by atoms with Gasteiger partial charge in [0.1, 0.15) is 6.04 Å². The highest BCUT2D eigenvalue weighted by atomic mass is 32.2. The molecule has 1 aliphatic heterocycles. The zero-order valence-corrected chi connectivity index (χ0v) is 15.4. The summed E-state index contributed by atoms with van der Waals surface area (Å²) in [6.45, 7) is 7.15. The van der Waals surface area contributed by atoms with Crippen LogP contribution in [0.2, 0.25) is 0 Å². The number of benzene rings is 1. The Bertz CT molecular complexity index is 731. The zero-order valence-electron chi connectivity index (χ0n) is 14.6. The Morgan fingerprint density at radius 1 is 1.24 bits per heavy atom. The van der Waals surface area contributed by atoms with Crippen molar-refractivity contribution in [3.63, 3.8) is 0 Å². The number of carbonyl (C=O) groups is 1. The molecule has 0 spiro atoms. The van der Waals surface area contributed by atoms with E-state index in [-0.39, 0.29) is 18.1 Å². The van der Waals surface area contributed by atoms with Gasteiger partial charge in [0.05, 0.1) is 12.7 Å². The molecule has 2 atom stereocenters. The van der Waals surface area contributed by atoms with E-state index in [4.69, 9.17) is 4.74 Å². The van der Waals surface area contributed by atoms with Gasteiger partial charge < -0.3 is 15.4 Å². The molecule has 132 valence electrons. The molecule has 1 amide bonds. The number of morpholine rings is 1. The Labute approximate surface area is 151 Å². The Morgan fingerprint density at radius 3 is 2.56 bits per heavy atom. The average molecular weight is 358 g/mol. The van der Waals surface area contributed by atoms with Crippen LogP contribution in [0.4, 0.5) is 5.69 Å². The van der Waals surface area contributed by atoms with Crippen LogP contribution >= 0.6 is 11.8 Å². The molecular weight excluding hydrogens is 336 g/mol. The van der Waals surface area contributed by atoms with Crippen LogP contribution in [0.15, 0.2) is 40.4 Å². The van der Waals surface area contributed by atoms with Crippen LogP contribution in [0.1, 0.15) is 18.3 Å². The fraction of sp³-hybridized carbons (Fsp3) is 0.389. The van der Waals surface area contributed by atoms with Gasteiger partial charge in [0.2, 0.25) is 5.91 Å². The van der Waals surface area contributed by atoms with Crippen molar-refractivity contribution in [1.29, 1.82) is 0 Å². The number of carbonyl (C=O) groups excluding carboxylic acids is 1. The number of amides is 1. The highest BCUT2D eigenvalue weighted by Crippen LogP contribution is 2.26. The molecule has 1 aromatic heterocycles. The minimum absolute atomic E-state index is 0.0785. The van der Waals surface area contributed by atoms with Crippen LogP contribution in [0.3, 0.4) is 0 Å². The van der Waals surface area contributed by atoms with E-state index in [1.54, 1.807) is 0 Å². The summed E-state index contributed by atoms with van der Waals surface area (Å²) in [6, 6.07) is 9.30. The number of nitrogens with one attached hydrogen (secondary N) is 2. The monoisotopic (exact) mass is 358 g/mol. The molecule has 25 heavy (non-hydrogen) atoms. The summed E-state index contributed by atoms with van der Waals surface area (Å²) in [5.41, 5.74) is 2.67. The van der Waals surface area contributed by atoms with Crippen molar-refractivity contribution in [2.75, 3.05) is 18.5 Å². The molecule has 1 aliphatic rings. The quantitative estimate of drug-likeness (QED) is 0.818. The minimum atomic E-state index is -0.327. The minimum Gasteiger partial charge on any atom is -0.375 e. The zero-order chi connectivity index (χ0) is 17.8. The van der Waals surface area contributed by atoms with E-state index in [0.29, 0.717) is 13.2 Å². The highest BCUT2D eigenvalue weighted by Gasteiger charge is 2.28. The fourth-order valence-electron chi connectivity index (χ4n) is 2.70. The lowest BCUT2D eigenvalue weighted by atomic mass is 10.1. The Kier molecular flexibility index (Phi) is 5.67. The SMILES string of the molecule is Cc1cc(C)nc(Sc2ccc(NC(=O)[C@H]3NCCO[C@@H]3C)cc2)n1. The molecule has 2 N–H and O–H groups in total. The van der Waals surface area contributed by atoms with Gasteiger partial charge in [0, 0.05) is 28.5 Å². The maximum absolute atomic E-state index is 12.4. The van der Waals surface area contributed by atoms with Gasteiger partial charge in [-0.05, 0) is 62.9 Å². The van der Waals surface area contributed by atoms with E-state index in [9.17, 15) is 4.79 Å². The lowest BCUT2D eigenvalue weighted by Crippen LogP contribution is -2.53. The van der Waals surface area contributed by atoms with Crippen LogP contribution < -0.4 is 10.6 Å². The first kappa shape index (κ1) is 17.8. The molecule has 1 saturated heterocycles. The summed E-state index contributed by atoms with van der Waals surface area (Å²) in [4.78, 5) is 22.2. The number of anilines is 1. The topological polar surface area (TPSA) is 76.1 Å². The van der Waals surface area contributed by atoms with E-state index in [2.05, 4.69) is 20.6 Å². The molecule has 1 fully saturated rings. The van der Waals surface area contributed by atoms with Crippen LogP contribution in [0.5, 0.6) is 0 Å². The summed E-state index contributed by atoms with van der Waals surface area (Å²) in [5, 5.41) is 6.84. The molecule has 0 bridgehead atoms. The summed E-state index contributed by atoms with van der Waals surface area (Å²) < 4.78 is 5.51. The van der Waals surface area contributed by atoms with Crippen molar-refractivity contribution >= 4 is 23.4 Å². The first-order chi connectivity index (χ1) is 12.0. The molecule has 3 rings (SSSR count). The van der Waals surface area contributed by atoms with Gasteiger partial charge in [-0.3, -0.25) is 4.79 Å². The molecule has 1 aromatic carbocycles. The summed E-state index contributed by atoms with van der Waals surface area (Å²) >= 11 is 1.50. The first-order valence-electron chi connectivity index (χ1n) is 8.27. The van der Waals surface area contributed by atoms with Gasteiger partial charge in [0.25, 0.3) is 0 Å². The van der Waals surface area contributed by atoms with Gasteiger partial charge in [-0.25, -0.2) is 9.97 Å². The molecule has 0 aliphatic carbocycles. The van der Waals surface area contributed by atoms with E-state index < -0.39 is 0 Å². The van der Waals surface area contributed by atoms with Crippen LogP contribution in [0, 0.1) is 13.8 Å². The molecule has 2 aromatic rings. The smallest absolute Gasteiger partial charge is 0.244 e. The van der Waals surface area contributed by atoms with Crippen molar-refractivity contribution in [1.82, 2.24) is 15.3 Å². The van der Waals surface area contributed by atoms with E-state index in [1.807, 2.05) is 51.1 Å².